The SMILES string of the molecule is COc1ccc(NC(=O)CNC2CCC(=O)NC2=O)cc1. The molecule has 0 radical (unpaired) electrons. The first kappa shape index (κ1) is 15.0. The van der Waals surface area contributed by atoms with E-state index in [4.69, 9.17) is 4.74 Å². The third-order valence-corrected chi connectivity index (χ3v) is 3.12. The Balaban J connectivity index is 1.79. The molecule has 7 heteroatoms. The van der Waals surface area contributed by atoms with Crippen molar-refractivity contribution in [3.05, 3.63) is 24.3 Å². The van der Waals surface area contributed by atoms with Gasteiger partial charge in [-0.15, -0.1) is 0 Å². The van der Waals surface area contributed by atoms with Crippen LogP contribution >= 0.6 is 0 Å². The average Bonchev–Trinajstić information content (AvgIpc) is 2.47. The summed E-state index contributed by atoms with van der Waals surface area (Å²) in [6.45, 7) is -0.00168. The number of benzene rings is 1. The Hall–Kier alpha value is -2.41. The highest BCUT2D eigenvalue weighted by Gasteiger charge is 2.26. The highest BCUT2D eigenvalue weighted by atomic mass is 16.5. The van der Waals surface area contributed by atoms with Gasteiger partial charge in [-0.05, 0) is 30.7 Å². The quantitative estimate of drug-likeness (QED) is 0.665. The molecular weight excluding hydrogens is 274 g/mol. The molecule has 2 rings (SSSR count). The van der Waals surface area contributed by atoms with E-state index < -0.39 is 6.04 Å². The Morgan fingerprint density at radius 3 is 2.67 bits per heavy atom. The lowest BCUT2D eigenvalue weighted by molar-refractivity contribution is -0.134. The molecule has 0 spiro atoms. The summed E-state index contributed by atoms with van der Waals surface area (Å²) in [6, 6.07) is 6.42. The van der Waals surface area contributed by atoms with Crippen molar-refractivity contribution in [1.82, 2.24) is 10.6 Å². The Morgan fingerprint density at radius 2 is 2.05 bits per heavy atom. The minimum atomic E-state index is -0.510. The second-order valence-corrected chi connectivity index (χ2v) is 4.66. The second kappa shape index (κ2) is 6.85. The molecule has 1 heterocycles. The van der Waals surface area contributed by atoms with E-state index in [-0.39, 0.29) is 30.7 Å². The van der Waals surface area contributed by atoms with Gasteiger partial charge in [0.25, 0.3) is 0 Å². The van der Waals surface area contributed by atoms with Crippen LogP contribution in [0.15, 0.2) is 24.3 Å². The molecule has 112 valence electrons. The molecule has 1 fully saturated rings. The Bertz CT molecular complexity index is 542. The van der Waals surface area contributed by atoms with E-state index in [2.05, 4.69) is 16.0 Å². The van der Waals surface area contributed by atoms with Gasteiger partial charge in [-0.1, -0.05) is 0 Å². The van der Waals surface area contributed by atoms with Gasteiger partial charge in [0.05, 0.1) is 19.7 Å². The van der Waals surface area contributed by atoms with Crippen molar-refractivity contribution in [2.45, 2.75) is 18.9 Å². The number of amides is 3. The molecule has 1 atom stereocenters. The van der Waals surface area contributed by atoms with Gasteiger partial charge in [-0.25, -0.2) is 0 Å². The lowest BCUT2D eigenvalue weighted by Crippen LogP contribution is -2.52. The molecular formula is C14H17N3O4. The maximum absolute atomic E-state index is 11.8. The summed E-state index contributed by atoms with van der Waals surface area (Å²) >= 11 is 0. The molecule has 0 bridgehead atoms. The van der Waals surface area contributed by atoms with Gasteiger partial charge in [0.2, 0.25) is 17.7 Å². The van der Waals surface area contributed by atoms with Gasteiger partial charge in [-0.2, -0.15) is 0 Å². The van der Waals surface area contributed by atoms with Crippen LogP contribution in [0, 0.1) is 0 Å². The molecule has 1 aromatic carbocycles. The average molecular weight is 291 g/mol. The zero-order valence-corrected chi connectivity index (χ0v) is 11.6. The number of carbonyl (C=O) groups excluding carboxylic acids is 3. The van der Waals surface area contributed by atoms with Crippen LogP contribution in [0.1, 0.15) is 12.8 Å². The van der Waals surface area contributed by atoms with E-state index in [0.29, 0.717) is 17.9 Å². The van der Waals surface area contributed by atoms with E-state index in [1.165, 1.54) is 0 Å². The van der Waals surface area contributed by atoms with E-state index in [1.807, 2.05) is 0 Å². The van der Waals surface area contributed by atoms with Crippen LogP contribution in [0.2, 0.25) is 0 Å². The van der Waals surface area contributed by atoms with Crippen molar-refractivity contribution in [1.29, 1.82) is 0 Å². The highest BCUT2D eigenvalue weighted by molar-refractivity contribution is 6.00. The lowest BCUT2D eigenvalue weighted by atomic mass is 10.1. The number of anilines is 1. The summed E-state index contributed by atoms with van der Waals surface area (Å²) in [5.41, 5.74) is 0.644. The van der Waals surface area contributed by atoms with Gasteiger partial charge in [0.15, 0.2) is 0 Å². The zero-order valence-electron chi connectivity index (χ0n) is 11.6. The number of rotatable bonds is 5. The molecule has 0 aromatic heterocycles. The third kappa shape index (κ3) is 4.28. The standard InChI is InChI=1S/C14H17N3O4/c1-21-10-4-2-9(3-5-10)16-13(19)8-15-11-6-7-12(18)17-14(11)20/h2-5,11,15H,6-8H2,1H3,(H,16,19)(H,17,18,20). The largest absolute Gasteiger partial charge is 0.497 e. The summed E-state index contributed by atoms with van der Waals surface area (Å²) in [4.78, 5) is 34.3. The van der Waals surface area contributed by atoms with Crippen LogP contribution in [0.3, 0.4) is 0 Å². The van der Waals surface area contributed by atoms with Crippen molar-refractivity contribution in [3.8, 4) is 5.75 Å². The zero-order chi connectivity index (χ0) is 15.2. The number of hydrogen-bond donors (Lipinski definition) is 3. The Labute approximate surface area is 122 Å². The number of methoxy groups -OCH3 is 1. The van der Waals surface area contributed by atoms with Gasteiger partial charge in [0, 0.05) is 12.1 Å². The summed E-state index contributed by atoms with van der Waals surface area (Å²) < 4.78 is 5.02. The molecule has 3 N–H and O–H groups in total. The predicted molar refractivity (Wildman–Crippen MR) is 75.8 cm³/mol. The van der Waals surface area contributed by atoms with Gasteiger partial charge in [-0.3, -0.25) is 25.0 Å². The minimum Gasteiger partial charge on any atom is -0.497 e. The van der Waals surface area contributed by atoms with Crippen LogP contribution in [-0.4, -0.2) is 37.4 Å². The van der Waals surface area contributed by atoms with Crippen molar-refractivity contribution in [3.63, 3.8) is 0 Å². The monoisotopic (exact) mass is 291 g/mol. The normalized spacial score (nSPS) is 18.0. The molecule has 0 aliphatic carbocycles. The predicted octanol–water partition coefficient (Wildman–Crippen LogP) is 0.0285. The van der Waals surface area contributed by atoms with Crippen LogP contribution < -0.4 is 20.7 Å². The maximum atomic E-state index is 11.8. The summed E-state index contributed by atoms with van der Waals surface area (Å²) in [5.74, 6) is -0.219. The fourth-order valence-corrected chi connectivity index (χ4v) is 1.98. The van der Waals surface area contributed by atoms with Gasteiger partial charge < -0.3 is 10.1 Å². The van der Waals surface area contributed by atoms with Crippen LogP contribution in [-0.2, 0) is 14.4 Å². The van der Waals surface area contributed by atoms with Gasteiger partial charge >= 0.3 is 0 Å². The third-order valence-electron chi connectivity index (χ3n) is 3.12. The van der Waals surface area contributed by atoms with Crippen LogP contribution in [0.25, 0.3) is 0 Å². The molecule has 1 saturated heterocycles. The maximum Gasteiger partial charge on any atom is 0.243 e. The fraction of sp³-hybridized carbons (Fsp3) is 0.357. The Morgan fingerprint density at radius 1 is 1.33 bits per heavy atom. The van der Waals surface area contributed by atoms with Gasteiger partial charge in [0.1, 0.15) is 5.75 Å². The second-order valence-electron chi connectivity index (χ2n) is 4.66. The number of ether oxygens (including phenoxy) is 1. The molecule has 1 aliphatic heterocycles. The number of nitrogens with one attached hydrogen (secondary N) is 3. The summed E-state index contributed by atoms with van der Waals surface area (Å²) in [7, 11) is 1.57. The lowest BCUT2D eigenvalue weighted by Gasteiger charge is -2.21. The minimum absolute atomic E-state index is 0.00168. The van der Waals surface area contributed by atoms with Crippen LogP contribution in [0.4, 0.5) is 5.69 Å². The first-order valence-corrected chi connectivity index (χ1v) is 6.59. The molecule has 21 heavy (non-hydrogen) atoms. The number of piperidine rings is 1. The van der Waals surface area contributed by atoms with Crippen LogP contribution in [0.5, 0.6) is 5.75 Å². The Kier molecular flexibility index (Phi) is 4.89. The van der Waals surface area contributed by atoms with E-state index in [1.54, 1.807) is 31.4 Å². The van der Waals surface area contributed by atoms with E-state index >= 15 is 0 Å². The number of hydrogen-bond acceptors (Lipinski definition) is 5. The number of carbonyl (C=O) groups is 3. The topological polar surface area (TPSA) is 96.5 Å². The van der Waals surface area contributed by atoms with Crippen molar-refractivity contribution < 1.29 is 19.1 Å². The molecule has 3 amide bonds. The summed E-state index contributed by atoms with van der Waals surface area (Å²) in [6.07, 6.45) is 0.685. The smallest absolute Gasteiger partial charge is 0.243 e. The summed E-state index contributed by atoms with van der Waals surface area (Å²) in [5, 5.41) is 7.76. The first-order valence-electron chi connectivity index (χ1n) is 6.59. The number of imide groups is 1. The first-order chi connectivity index (χ1) is 10.1. The molecule has 1 unspecified atom stereocenters. The molecule has 0 saturated carbocycles. The van der Waals surface area contributed by atoms with E-state index in [0.717, 1.165) is 0 Å². The van der Waals surface area contributed by atoms with Crippen molar-refractivity contribution in [2.24, 2.45) is 0 Å². The van der Waals surface area contributed by atoms with E-state index in [9.17, 15) is 14.4 Å². The molecule has 7 nitrogen and oxygen atoms in total. The molecule has 1 aliphatic rings. The fourth-order valence-electron chi connectivity index (χ4n) is 1.98. The highest BCUT2D eigenvalue weighted by Crippen LogP contribution is 2.14. The van der Waals surface area contributed by atoms with Crippen molar-refractivity contribution >= 4 is 23.4 Å². The van der Waals surface area contributed by atoms with Crippen molar-refractivity contribution in [2.75, 3.05) is 19.0 Å². The molecule has 1 aromatic rings.